The molecule has 0 aliphatic heterocycles. The quantitative estimate of drug-likeness (QED) is 0.393. The van der Waals surface area contributed by atoms with Crippen molar-refractivity contribution in [3.8, 4) is 11.5 Å². The van der Waals surface area contributed by atoms with E-state index in [0.29, 0.717) is 12.1 Å². The number of phenols is 1. The molecule has 0 atom stereocenters. The van der Waals surface area contributed by atoms with Gasteiger partial charge in [0.2, 0.25) is 5.95 Å². The van der Waals surface area contributed by atoms with E-state index in [0.717, 1.165) is 24.8 Å². The number of rotatable bonds is 7. The van der Waals surface area contributed by atoms with Crippen molar-refractivity contribution in [1.29, 1.82) is 0 Å². The number of aryl methyl sites for hydroxylation is 1. The highest BCUT2D eigenvalue weighted by atomic mass is 16.6. The fourth-order valence-electron chi connectivity index (χ4n) is 2.08. The predicted octanol–water partition coefficient (Wildman–Crippen LogP) is 1.79. The van der Waals surface area contributed by atoms with Gasteiger partial charge in [-0.3, -0.25) is 19.9 Å². The number of nitrogens with one attached hydrogen (secondary N) is 2. The highest BCUT2D eigenvalue weighted by Gasteiger charge is 2.15. The molecule has 0 bridgehead atoms. The summed E-state index contributed by atoms with van der Waals surface area (Å²) in [7, 11) is 1.28. The van der Waals surface area contributed by atoms with Crippen molar-refractivity contribution < 1.29 is 14.8 Å². The van der Waals surface area contributed by atoms with E-state index >= 15 is 0 Å². The first-order valence-electron chi connectivity index (χ1n) is 7.39. The number of ether oxygens (including phenoxy) is 1. The monoisotopic (exact) mass is 347 g/mol. The zero-order valence-electron chi connectivity index (χ0n) is 13.6. The van der Waals surface area contributed by atoms with Crippen LogP contribution in [0.5, 0.6) is 11.5 Å². The lowest BCUT2D eigenvalue weighted by molar-refractivity contribution is -0.385. The second-order valence-corrected chi connectivity index (χ2v) is 5.05. The molecule has 0 aliphatic carbocycles. The van der Waals surface area contributed by atoms with Gasteiger partial charge in [0.1, 0.15) is 0 Å². The molecule has 2 rings (SSSR count). The van der Waals surface area contributed by atoms with Crippen molar-refractivity contribution in [2.75, 3.05) is 12.5 Å². The molecule has 0 saturated heterocycles. The van der Waals surface area contributed by atoms with E-state index in [1.807, 2.05) is 6.92 Å². The Morgan fingerprint density at radius 3 is 2.88 bits per heavy atom. The molecule has 2 aromatic rings. The zero-order chi connectivity index (χ0) is 18.4. The molecule has 132 valence electrons. The number of anilines is 1. The highest BCUT2D eigenvalue weighted by Crippen LogP contribution is 2.33. The Balaban J connectivity index is 2.26. The second kappa shape index (κ2) is 7.90. The van der Waals surface area contributed by atoms with Crippen LogP contribution in [-0.4, -0.2) is 33.3 Å². The van der Waals surface area contributed by atoms with Crippen molar-refractivity contribution in [3.05, 3.63) is 49.9 Å². The second-order valence-electron chi connectivity index (χ2n) is 5.05. The lowest BCUT2D eigenvalue weighted by Gasteiger charge is -2.06. The van der Waals surface area contributed by atoms with Crippen molar-refractivity contribution in [1.82, 2.24) is 9.97 Å². The Hall–Kier alpha value is -3.43. The maximum Gasteiger partial charge on any atom is 0.274 e. The van der Waals surface area contributed by atoms with Crippen molar-refractivity contribution in [2.45, 2.75) is 19.8 Å². The first-order valence-corrected chi connectivity index (χ1v) is 7.39. The number of nitro groups is 1. The number of aromatic amines is 1. The van der Waals surface area contributed by atoms with Gasteiger partial charge in [-0.1, -0.05) is 13.3 Å². The van der Waals surface area contributed by atoms with Gasteiger partial charge in [-0.05, 0) is 6.42 Å². The van der Waals surface area contributed by atoms with E-state index in [1.54, 1.807) is 0 Å². The molecule has 0 aliphatic rings. The van der Waals surface area contributed by atoms with Crippen LogP contribution in [0.25, 0.3) is 0 Å². The molecular weight excluding hydrogens is 330 g/mol. The van der Waals surface area contributed by atoms with Gasteiger partial charge in [-0.15, -0.1) is 0 Å². The number of methoxy groups -OCH3 is 1. The van der Waals surface area contributed by atoms with Gasteiger partial charge in [0.05, 0.1) is 24.3 Å². The molecule has 1 heterocycles. The molecule has 25 heavy (non-hydrogen) atoms. The number of hydrazone groups is 1. The molecule has 0 spiro atoms. The fraction of sp³-hybridized carbons (Fsp3) is 0.267. The molecule has 0 amide bonds. The van der Waals surface area contributed by atoms with Crippen LogP contribution < -0.4 is 15.7 Å². The number of hydrogen-bond acceptors (Lipinski definition) is 8. The smallest absolute Gasteiger partial charge is 0.274 e. The molecule has 1 aromatic heterocycles. The summed E-state index contributed by atoms with van der Waals surface area (Å²) in [6.07, 6.45) is 2.64. The summed E-state index contributed by atoms with van der Waals surface area (Å²) in [5, 5.41) is 24.8. The third-order valence-corrected chi connectivity index (χ3v) is 3.19. The van der Waals surface area contributed by atoms with Gasteiger partial charge >= 0.3 is 0 Å². The molecule has 0 unspecified atom stereocenters. The van der Waals surface area contributed by atoms with Crippen LogP contribution in [0.4, 0.5) is 11.6 Å². The van der Waals surface area contributed by atoms with Crippen LogP contribution in [0.2, 0.25) is 0 Å². The Bertz CT molecular complexity index is 862. The normalized spacial score (nSPS) is 10.8. The van der Waals surface area contributed by atoms with Crippen molar-refractivity contribution in [3.63, 3.8) is 0 Å². The summed E-state index contributed by atoms with van der Waals surface area (Å²) in [5.41, 5.74) is 2.64. The van der Waals surface area contributed by atoms with Gasteiger partial charge in [0, 0.05) is 23.4 Å². The van der Waals surface area contributed by atoms with Crippen molar-refractivity contribution in [2.24, 2.45) is 5.10 Å². The average molecular weight is 347 g/mol. The van der Waals surface area contributed by atoms with E-state index in [4.69, 9.17) is 4.74 Å². The Labute approximate surface area is 142 Å². The van der Waals surface area contributed by atoms with Gasteiger partial charge in [0.25, 0.3) is 11.2 Å². The third kappa shape index (κ3) is 4.53. The van der Waals surface area contributed by atoms with Gasteiger partial charge < -0.3 is 9.84 Å². The highest BCUT2D eigenvalue weighted by molar-refractivity contribution is 5.86. The number of H-pyrrole nitrogens is 1. The average Bonchev–Trinajstić information content (AvgIpc) is 2.56. The van der Waals surface area contributed by atoms with E-state index in [2.05, 4.69) is 20.5 Å². The van der Waals surface area contributed by atoms with E-state index in [1.165, 1.54) is 13.2 Å². The number of nitrogens with zero attached hydrogens (tertiary/aromatic N) is 3. The predicted molar refractivity (Wildman–Crippen MR) is 91.4 cm³/mol. The van der Waals surface area contributed by atoms with E-state index in [9.17, 15) is 20.0 Å². The maximum absolute atomic E-state index is 11.6. The van der Waals surface area contributed by atoms with Crippen LogP contribution in [0.1, 0.15) is 24.6 Å². The van der Waals surface area contributed by atoms with Crippen LogP contribution in [0, 0.1) is 10.1 Å². The van der Waals surface area contributed by atoms with Gasteiger partial charge in [-0.25, -0.2) is 10.4 Å². The number of phenolic OH excluding ortho intramolecular Hbond substituents is 1. The number of aromatic hydroxyl groups is 1. The molecule has 10 nitrogen and oxygen atoms in total. The summed E-state index contributed by atoms with van der Waals surface area (Å²) in [6.45, 7) is 1.96. The summed E-state index contributed by atoms with van der Waals surface area (Å²) < 4.78 is 4.90. The first-order chi connectivity index (χ1) is 11.9. The number of nitro benzene ring substituents is 1. The summed E-state index contributed by atoms with van der Waals surface area (Å²) in [5.74, 6) is -0.212. The minimum Gasteiger partial charge on any atom is -0.504 e. The summed E-state index contributed by atoms with van der Waals surface area (Å²) in [4.78, 5) is 28.5. The molecule has 0 radical (unpaired) electrons. The fourth-order valence-corrected chi connectivity index (χ4v) is 2.08. The minimum atomic E-state index is -0.611. The number of benzene rings is 1. The van der Waals surface area contributed by atoms with Gasteiger partial charge in [0.15, 0.2) is 11.5 Å². The number of non-ortho nitro benzene ring substituents is 1. The van der Waals surface area contributed by atoms with Gasteiger partial charge in [-0.2, -0.15) is 5.10 Å². The molecular formula is C15H17N5O5. The van der Waals surface area contributed by atoms with E-state index in [-0.39, 0.29) is 34.3 Å². The standard InChI is InChI=1S/C15H17N5O5/c1-3-4-10-6-13(21)18-15(17-10)19-16-8-9-5-11(20(23)24)7-12(25-2)14(9)22/h5-8,22H,3-4H2,1-2H3,(H2,17,18,19,21). The largest absolute Gasteiger partial charge is 0.504 e. The lowest BCUT2D eigenvalue weighted by Crippen LogP contribution is -2.12. The third-order valence-electron chi connectivity index (χ3n) is 3.19. The molecule has 0 saturated carbocycles. The Morgan fingerprint density at radius 1 is 1.48 bits per heavy atom. The van der Waals surface area contributed by atoms with Crippen LogP contribution >= 0.6 is 0 Å². The number of hydrogen-bond donors (Lipinski definition) is 3. The summed E-state index contributed by atoms with van der Waals surface area (Å²) >= 11 is 0. The first kappa shape index (κ1) is 17.9. The van der Waals surface area contributed by atoms with E-state index < -0.39 is 4.92 Å². The Kier molecular flexibility index (Phi) is 5.66. The van der Waals surface area contributed by atoms with Crippen LogP contribution in [0.3, 0.4) is 0 Å². The SMILES string of the molecule is CCCc1cc(=O)[nH]c(NN=Cc2cc([N+](=O)[O-])cc(OC)c2O)n1. The van der Waals surface area contributed by atoms with Crippen LogP contribution in [-0.2, 0) is 6.42 Å². The number of aromatic nitrogens is 2. The Morgan fingerprint density at radius 2 is 2.24 bits per heavy atom. The topological polar surface area (TPSA) is 143 Å². The molecule has 1 aromatic carbocycles. The summed E-state index contributed by atoms with van der Waals surface area (Å²) in [6, 6.07) is 3.65. The molecule has 0 fully saturated rings. The van der Waals surface area contributed by atoms with Crippen molar-refractivity contribution >= 4 is 17.9 Å². The molecule has 10 heteroatoms. The maximum atomic E-state index is 11.6. The minimum absolute atomic E-state index is 0.0490. The zero-order valence-corrected chi connectivity index (χ0v) is 13.6. The lowest BCUT2D eigenvalue weighted by atomic mass is 10.2. The van der Waals surface area contributed by atoms with Crippen LogP contribution in [0.15, 0.2) is 28.1 Å². The molecule has 3 N–H and O–H groups in total.